The van der Waals surface area contributed by atoms with E-state index >= 15 is 0 Å². The molecule has 3 aromatic heterocycles. The number of rotatable bonds is 6. The van der Waals surface area contributed by atoms with Crippen molar-refractivity contribution in [2.45, 2.75) is 33.0 Å². The highest BCUT2D eigenvalue weighted by Crippen LogP contribution is 2.43. The summed E-state index contributed by atoms with van der Waals surface area (Å²) in [4.78, 5) is 28.5. The number of fused-ring (bicyclic) bond motifs is 1. The number of hydrogen-bond donors (Lipinski definition) is 2. The van der Waals surface area contributed by atoms with Crippen LogP contribution < -0.4 is 11.1 Å². The molecule has 3 heterocycles. The SMILES string of the molecule is Cc1ccc(-c2cc(C(F)(F)F)nc3sc(C(N)=O)c(NC(=O)Cn4nc(C(F)F)c(Br)c4C)c23)cc1. The van der Waals surface area contributed by atoms with Crippen LogP contribution in [0.15, 0.2) is 34.8 Å². The first-order valence-electron chi connectivity index (χ1n) is 10.5. The average molecular weight is 602 g/mol. The predicted octanol–water partition coefficient (Wildman–Crippen LogP) is 6.23. The third-order valence-corrected chi connectivity index (χ3v) is 7.54. The standard InChI is InChI=1S/C23H17BrF5N5O2S/c1-9-3-5-11(6-4-9)12-7-13(23(27,28)29)31-22-15(12)17(19(37-22)21(30)36)32-14(35)8-34-10(2)16(24)18(33-34)20(25)26/h3-7,20H,8H2,1-2H3,(H2,30,36)(H,32,35). The number of nitrogens with zero attached hydrogens (tertiary/aromatic N) is 3. The molecule has 0 aliphatic rings. The van der Waals surface area contributed by atoms with E-state index in [4.69, 9.17) is 5.73 Å². The minimum absolute atomic E-state index is 0.0413. The third-order valence-electron chi connectivity index (χ3n) is 5.46. The summed E-state index contributed by atoms with van der Waals surface area (Å²) >= 11 is 3.63. The first kappa shape index (κ1) is 26.7. The van der Waals surface area contributed by atoms with Crippen molar-refractivity contribution in [2.75, 3.05) is 5.32 Å². The summed E-state index contributed by atoms with van der Waals surface area (Å²) in [6, 6.07) is 7.45. The van der Waals surface area contributed by atoms with E-state index in [0.717, 1.165) is 16.3 Å². The Balaban J connectivity index is 1.86. The lowest BCUT2D eigenvalue weighted by Gasteiger charge is -2.13. The number of pyridine rings is 1. The molecule has 7 nitrogen and oxygen atoms in total. The molecule has 14 heteroatoms. The molecule has 0 aliphatic heterocycles. The summed E-state index contributed by atoms with van der Waals surface area (Å²) in [5.74, 6) is -1.75. The molecule has 0 bridgehead atoms. The van der Waals surface area contributed by atoms with E-state index < -0.39 is 42.3 Å². The van der Waals surface area contributed by atoms with Gasteiger partial charge in [-0.2, -0.15) is 18.3 Å². The van der Waals surface area contributed by atoms with Crippen molar-refractivity contribution in [3.8, 4) is 11.1 Å². The molecule has 0 fully saturated rings. The molecule has 0 radical (unpaired) electrons. The van der Waals surface area contributed by atoms with Crippen LogP contribution in [0.2, 0.25) is 0 Å². The maximum absolute atomic E-state index is 13.6. The van der Waals surface area contributed by atoms with Gasteiger partial charge in [-0.3, -0.25) is 14.3 Å². The van der Waals surface area contributed by atoms with Crippen LogP contribution in [0.4, 0.5) is 27.6 Å². The Morgan fingerprint density at radius 3 is 2.38 bits per heavy atom. The van der Waals surface area contributed by atoms with Gasteiger partial charge in [0.15, 0.2) is 0 Å². The van der Waals surface area contributed by atoms with E-state index in [0.29, 0.717) is 16.9 Å². The van der Waals surface area contributed by atoms with Crippen LogP contribution in [0, 0.1) is 13.8 Å². The van der Waals surface area contributed by atoms with Crippen LogP contribution in [0.3, 0.4) is 0 Å². The largest absolute Gasteiger partial charge is 0.433 e. The van der Waals surface area contributed by atoms with Gasteiger partial charge in [-0.15, -0.1) is 11.3 Å². The number of nitrogens with one attached hydrogen (secondary N) is 1. The summed E-state index contributed by atoms with van der Waals surface area (Å²) in [5.41, 5.74) is 5.23. The molecule has 0 saturated carbocycles. The first-order chi connectivity index (χ1) is 17.3. The van der Waals surface area contributed by atoms with Crippen molar-refractivity contribution < 1.29 is 31.5 Å². The quantitative estimate of drug-likeness (QED) is 0.256. The number of nitrogens with two attached hydrogens (primary N) is 1. The molecule has 0 spiro atoms. The lowest BCUT2D eigenvalue weighted by molar-refractivity contribution is -0.140. The normalized spacial score (nSPS) is 11.9. The molecule has 0 atom stereocenters. The minimum atomic E-state index is -4.78. The van der Waals surface area contributed by atoms with Crippen LogP contribution >= 0.6 is 27.3 Å². The number of amides is 2. The van der Waals surface area contributed by atoms with Gasteiger partial charge in [-0.05, 0) is 47.0 Å². The number of primary amides is 1. The average Bonchev–Trinajstić information content (AvgIpc) is 3.31. The number of hydrogen-bond acceptors (Lipinski definition) is 5. The number of halogens is 6. The Hall–Kier alpha value is -3.39. The molecule has 194 valence electrons. The molecule has 0 unspecified atom stereocenters. The van der Waals surface area contributed by atoms with Gasteiger partial charge < -0.3 is 11.1 Å². The monoisotopic (exact) mass is 601 g/mol. The van der Waals surface area contributed by atoms with Gasteiger partial charge >= 0.3 is 6.18 Å². The summed E-state index contributed by atoms with van der Waals surface area (Å²) in [5, 5.41) is 6.35. The third kappa shape index (κ3) is 5.21. The smallest absolute Gasteiger partial charge is 0.365 e. The van der Waals surface area contributed by atoms with Crippen molar-refractivity contribution in [3.05, 3.63) is 62.3 Å². The summed E-state index contributed by atoms with van der Waals surface area (Å²) in [7, 11) is 0. The molecule has 4 aromatic rings. The molecule has 37 heavy (non-hydrogen) atoms. The summed E-state index contributed by atoms with van der Waals surface area (Å²) in [6.45, 7) is 2.77. The topological polar surface area (TPSA) is 103 Å². The van der Waals surface area contributed by atoms with Crippen LogP contribution in [-0.4, -0.2) is 26.6 Å². The van der Waals surface area contributed by atoms with Gasteiger partial charge in [0.05, 0.1) is 15.9 Å². The maximum atomic E-state index is 13.6. The highest BCUT2D eigenvalue weighted by atomic mass is 79.9. The molecular formula is C23H17BrF5N5O2S. The fraction of sp³-hybridized carbons (Fsp3) is 0.217. The number of aryl methyl sites for hydroxylation is 1. The Morgan fingerprint density at radius 2 is 1.84 bits per heavy atom. The molecule has 4 rings (SSSR count). The number of alkyl halides is 5. The van der Waals surface area contributed by atoms with Gasteiger partial charge in [-0.25, -0.2) is 13.8 Å². The highest BCUT2D eigenvalue weighted by molar-refractivity contribution is 9.10. The second kappa shape index (κ2) is 9.82. The van der Waals surface area contributed by atoms with Gasteiger partial charge in [0.2, 0.25) is 5.91 Å². The lowest BCUT2D eigenvalue weighted by Crippen LogP contribution is -2.22. The lowest BCUT2D eigenvalue weighted by atomic mass is 10.00. The Bertz CT molecular complexity index is 1530. The minimum Gasteiger partial charge on any atom is -0.365 e. The van der Waals surface area contributed by atoms with E-state index in [1.54, 1.807) is 24.3 Å². The molecule has 2 amide bonds. The Labute approximate surface area is 218 Å². The zero-order valence-corrected chi connectivity index (χ0v) is 21.5. The van der Waals surface area contributed by atoms with E-state index in [1.807, 2.05) is 6.92 Å². The Kier molecular flexibility index (Phi) is 7.08. The maximum Gasteiger partial charge on any atom is 0.433 e. The van der Waals surface area contributed by atoms with E-state index in [-0.39, 0.29) is 36.5 Å². The predicted molar refractivity (Wildman–Crippen MR) is 132 cm³/mol. The highest BCUT2D eigenvalue weighted by Gasteiger charge is 2.35. The second-order valence-electron chi connectivity index (χ2n) is 8.06. The summed E-state index contributed by atoms with van der Waals surface area (Å²) < 4.78 is 68.4. The van der Waals surface area contributed by atoms with E-state index in [1.165, 1.54) is 6.92 Å². The molecular weight excluding hydrogens is 585 g/mol. The number of thiophene rings is 1. The Morgan fingerprint density at radius 1 is 1.19 bits per heavy atom. The second-order valence-corrected chi connectivity index (χ2v) is 9.85. The van der Waals surface area contributed by atoms with E-state index in [2.05, 4.69) is 31.3 Å². The van der Waals surface area contributed by atoms with Crippen molar-refractivity contribution >= 4 is 55.0 Å². The fourth-order valence-electron chi connectivity index (χ4n) is 3.65. The van der Waals surface area contributed by atoms with Crippen LogP contribution in [0.25, 0.3) is 21.3 Å². The molecule has 3 N–H and O–H groups in total. The molecule has 1 aromatic carbocycles. The number of carbonyl (C=O) groups excluding carboxylic acids is 2. The molecule has 0 aliphatic carbocycles. The van der Waals surface area contributed by atoms with Crippen molar-refractivity contribution in [3.63, 3.8) is 0 Å². The van der Waals surface area contributed by atoms with Crippen LogP contribution in [0.1, 0.15) is 38.7 Å². The zero-order valence-electron chi connectivity index (χ0n) is 19.1. The van der Waals surface area contributed by atoms with Crippen molar-refractivity contribution in [1.82, 2.24) is 14.8 Å². The fourth-order valence-corrected chi connectivity index (χ4v) is 5.12. The summed E-state index contributed by atoms with van der Waals surface area (Å²) in [6.07, 6.45) is -7.66. The number of benzene rings is 1. The van der Waals surface area contributed by atoms with Gasteiger partial charge in [0.1, 0.15) is 27.6 Å². The van der Waals surface area contributed by atoms with Crippen molar-refractivity contribution in [2.24, 2.45) is 5.73 Å². The number of anilines is 1. The van der Waals surface area contributed by atoms with Gasteiger partial charge in [0.25, 0.3) is 12.3 Å². The van der Waals surface area contributed by atoms with E-state index in [9.17, 15) is 31.5 Å². The van der Waals surface area contributed by atoms with Crippen molar-refractivity contribution in [1.29, 1.82) is 0 Å². The number of aromatic nitrogens is 3. The molecule has 0 saturated heterocycles. The number of carbonyl (C=O) groups is 2. The first-order valence-corrected chi connectivity index (χ1v) is 12.1. The van der Waals surface area contributed by atoms with Crippen LogP contribution in [-0.2, 0) is 17.5 Å². The van der Waals surface area contributed by atoms with Crippen LogP contribution in [0.5, 0.6) is 0 Å². The van der Waals surface area contributed by atoms with Gasteiger partial charge in [0, 0.05) is 5.39 Å². The van der Waals surface area contributed by atoms with Gasteiger partial charge in [-0.1, -0.05) is 29.8 Å². The zero-order chi connectivity index (χ0) is 27.2.